The van der Waals surface area contributed by atoms with Crippen LogP contribution in [0.3, 0.4) is 0 Å². The lowest BCUT2D eigenvalue weighted by molar-refractivity contribution is -0.132. The highest BCUT2D eigenvalue weighted by Crippen LogP contribution is 2.35. The normalized spacial score (nSPS) is 18.5. The molecule has 0 spiro atoms. The Morgan fingerprint density at radius 3 is 2.42 bits per heavy atom. The molecule has 3 heterocycles. The molecule has 43 heavy (non-hydrogen) atoms. The van der Waals surface area contributed by atoms with Crippen molar-refractivity contribution in [3.63, 3.8) is 0 Å². The van der Waals surface area contributed by atoms with Gasteiger partial charge in [0.1, 0.15) is 11.4 Å². The molecule has 1 fully saturated rings. The number of nitrogens with zero attached hydrogens (tertiary/aromatic N) is 7. The summed E-state index contributed by atoms with van der Waals surface area (Å²) < 4.78 is 1.88. The van der Waals surface area contributed by atoms with Gasteiger partial charge in [0.2, 0.25) is 5.91 Å². The van der Waals surface area contributed by atoms with E-state index in [2.05, 4.69) is 72.3 Å². The minimum atomic E-state index is -0.381. The third kappa shape index (κ3) is 6.73. The van der Waals surface area contributed by atoms with E-state index in [0.29, 0.717) is 28.0 Å². The number of halogens is 2. The molecule has 1 unspecified atom stereocenters. The van der Waals surface area contributed by atoms with Crippen molar-refractivity contribution in [2.24, 2.45) is 5.10 Å². The Morgan fingerprint density at radius 2 is 1.74 bits per heavy atom. The van der Waals surface area contributed by atoms with Crippen molar-refractivity contribution in [2.75, 3.05) is 29.5 Å². The van der Waals surface area contributed by atoms with E-state index in [4.69, 9.17) is 23.2 Å². The number of carbonyl (C=O) groups is 2. The predicted octanol–water partition coefficient (Wildman–Crippen LogP) is 7.00. The summed E-state index contributed by atoms with van der Waals surface area (Å²) in [5.41, 5.74) is 3.47. The fourth-order valence-corrected chi connectivity index (χ4v) is 6.09. The number of aromatic nitrogens is 3. The van der Waals surface area contributed by atoms with Gasteiger partial charge in [0.05, 0.1) is 28.0 Å². The minimum absolute atomic E-state index is 0.0286. The van der Waals surface area contributed by atoms with Gasteiger partial charge in [0.15, 0.2) is 0 Å². The molecule has 1 atom stereocenters. The number of amides is 2. The van der Waals surface area contributed by atoms with Crippen LogP contribution in [-0.2, 0) is 9.59 Å². The lowest BCUT2D eigenvalue weighted by atomic mass is 9.87. The van der Waals surface area contributed by atoms with Crippen LogP contribution in [0.2, 0.25) is 10.0 Å². The van der Waals surface area contributed by atoms with Gasteiger partial charge in [-0.15, -0.1) is 5.10 Å². The van der Waals surface area contributed by atoms with Gasteiger partial charge in [-0.1, -0.05) is 54.4 Å². The Hall–Kier alpha value is -3.43. The third-order valence-corrected chi connectivity index (χ3v) is 9.02. The zero-order chi connectivity index (χ0) is 30.7. The molecule has 1 saturated heterocycles. The summed E-state index contributed by atoms with van der Waals surface area (Å²) in [6, 6.07) is 13.4. The van der Waals surface area contributed by atoms with Gasteiger partial charge in [0.25, 0.3) is 5.91 Å². The molecule has 0 saturated carbocycles. The van der Waals surface area contributed by atoms with Crippen molar-refractivity contribution in [3.8, 4) is 11.3 Å². The van der Waals surface area contributed by atoms with E-state index in [9.17, 15) is 9.59 Å². The van der Waals surface area contributed by atoms with E-state index in [1.807, 2.05) is 15.8 Å². The van der Waals surface area contributed by atoms with Gasteiger partial charge in [-0.3, -0.25) is 9.59 Å². The molecule has 9 nitrogen and oxygen atoms in total. The minimum Gasteiger partial charge on any atom is -0.372 e. The number of hydrazone groups is 1. The van der Waals surface area contributed by atoms with Gasteiger partial charge >= 0.3 is 0 Å². The Labute approximate surface area is 263 Å². The first kappa shape index (κ1) is 31.0. The summed E-state index contributed by atoms with van der Waals surface area (Å²) in [4.78, 5) is 30.9. The molecule has 228 valence electrons. The predicted molar refractivity (Wildman–Crippen MR) is 173 cm³/mol. The molecule has 5 rings (SSSR count). The molecular weight excluding hydrogens is 585 g/mol. The quantitative estimate of drug-likeness (QED) is 0.256. The second-order valence-electron chi connectivity index (χ2n) is 11.9. The molecule has 0 aliphatic carbocycles. The molecule has 1 aromatic heterocycles. The van der Waals surface area contributed by atoms with Crippen LogP contribution in [0.5, 0.6) is 0 Å². The van der Waals surface area contributed by atoms with Crippen molar-refractivity contribution in [1.29, 1.82) is 0 Å². The summed E-state index contributed by atoms with van der Waals surface area (Å²) in [5.74, 6) is -0.371. The highest BCUT2D eigenvalue weighted by molar-refractivity contribution is 6.42. The van der Waals surface area contributed by atoms with Gasteiger partial charge in [0, 0.05) is 49.3 Å². The summed E-state index contributed by atoms with van der Waals surface area (Å²) in [6.07, 6.45) is 6.30. The van der Waals surface area contributed by atoms with Gasteiger partial charge in [-0.05, 0) is 69.9 Å². The molecule has 0 bridgehead atoms. The molecule has 3 aromatic rings. The Kier molecular flexibility index (Phi) is 9.42. The van der Waals surface area contributed by atoms with E-state index >= 15 is 0 Å². The lowest BCUT2D eigenvalue weighted by Gasteiger charge is -2.45. The van der Waals surface area contributed by atoms with Crippen molar-refractivity contribution in [3.05, 3.63) is 58.7 Å². The van der Waals surface area contributed by atoms with Gasteiger partial charge < -0.3 is 9.80 Å². The molecular formula is C32H39Cl2N7O2. The molecule has 0 radical (unpaired) electrons. The van der Waals surface area contributed by atoms with Crippen LogP contribution in [0.15, 0.2) is 53.8 Å². The number of anilines is 2. The fourth-order valence-electron chi connectivity index (χ4n) is 5.80. The molecule has 2 aromatic carbocycles. The standard InChI is InChI=1S/C32H39Cl2N7O2/c1-5-17-38(18-6-2)23-9-7-22(8-10-23)29-21-40(37-35-29)25-15-16-32(3,4)39(20-25)31(43)28-13-14-30(42)41(36-28)24-11-12-26(33)27(34)19-24/h7-12,19,21,25H,5-6,13-18,20H2,1-4H3. The smallest absolute Gasteiger partial charge is 0.270 e. The van der Waals surface area contributed by atoms with E-state index < -0.39 is 0 Å². The first-order valence-electron chi connectivity index (χ1n) is 15.1. The van der Waals surface area contributed by atoms with Crippen LogP contribution in [0.4, 0.5) is 11.4 Å². The number of benzene rings is 2. The molecule has 11 heteroatoms. The Morgan fingerprint density at radius 1 is 1.02 bits per heavy atom. The lowest BCUT2D eigenvalue weighted by Crippen LogP contribution is -2.56. The van der Waals surface area contributed by atoms with Crippen molar-refractivity contribution in [1.82, 2.24) is 19.9 Å². The summed E-state index contributed by atoms with van der Waals surface area (Å²) in [6.45, 7) is 11.1. The summed E-state index contributed by atoms with van der Waals surface area (Å²) >= 11 is 12.2. The second kappa shape index (κ2) is 13.1. The molecule has 2 amide bonds. The molecule has 2 aliphatic rings. The van der Waals surface area contributed by atoms with Crippen molar-refractivity contribution >= 4 is 52.1 Å². The van der Waals surface area contributed by atoms with E-state index in [1.54, 1.807) is 18.2 Å². The first-order valence-corrected chi connectivity index (χ1v) is 15.8. The van der Waals surface area contributed by atoms with Crippen LogP contribution in [0, 0.1) is 0 Å². The van der Waals surface area contributed by atoms with Crippen LogP contribution in [0.1, 0.15) is 72.3 Å². The maximum absolute atomic E-state index is 13.9. The van der Waals surface area contributed by atoms with Crippen LogP contribution >= 0.6 is 23.2 Å². The SMILES string of the molecule is CCCN(CCC)c1ccc(-c2cn(C3CCC(C)(C)N(C(=O)C4=NN(c5ccc(Cl)c(Cl)c5)C(=O)CC4)C3)nn2)cc1. The van der Waals surface area contributed by atoms with Crippen LogP contribution in [-0.4, -0.2) is 62.6 Å². The van der Waals surface area contributed by atoms with Gasteiger partial charge in [-0.2, -0.15) is 5.10 Å². The van der Waals surface area contributed by atoms with E-state index in [-0.39, 0.29) is 36.2 Å². The zero-order valence-corrected chi connectivity index (χ0v) is 26.8. The summed E-state index contributed by atoms with van der Waals surface area (Å²) in [7, 11) is 0. The largest absolute Gasteiger partial charge is 0.372 e. The molecule has 2 aliphatic heterocycles. The maximum atomic E-state index is 13.9. The van der Waals surface area contributed by atoms with Crippen molar-refractivity contribution < 1.29 is 9.59 Å². The van der Waals surface area contributed by atoms with Crippen LogP contribution < -0.4 is 9.91 Å². The van der Waals surface area contributed by atoms with Crippen LogP contribution in [0.25, 0.3) is 11.3 Å². The average Bonchev–Trinajstić information content (AvgIpc) is 3.49. The first-order chi connectivity index (χ1) is 20.6. The van der Waals surface area contributed by atoms with Gasteiger partial charge in [-0.25, -0.2) is 9.69 Å². The zero-order valence-electron chi connectivity index (χ0n) is 25.3. The summed E-state index contributed by atoms with van der Waals surface area (Å²) in [5, 5.41) is 15.4. The average molecular weight is 625 g/mol. The topological polar surface area (TPSA) is 86.9 Å². The van der Waals surface area contributed by atoms with Crippen molar-refractivity contribution in [2.45, 2.75) is 77.8 Å². The molecule has 0 N–H and O–H groups in total. The second-order valence-corrected chi connectivity index (χ2v) is 12.7. The number of piperidine rings is 1. The maximum Gasteiger partial charge on any atom is 0.270 e. The number of likely N-dealkylation sites (tertiary alicyclic amines) is 1. The number of rotatable bonds is 9. The number of hydrogen-bond acceptors (Lipinski definition) is 6. The monoisotopic (exact) mass is 623 g/mol. The number of carbonyl (C=O) groups excluding carboxylic acids is 2. The Balaban J connectivity index is 1.33. The number of hydrogen-bond donors (Lipinski definition) is 0. The van der Waals surface area contributed by atoms with E-state index in [0.717, 1.165) is 50.0 Å². The fraction of sp³-hybridized carbons (Fsp3) is 0.469. The highest BCUT2D eigenvalue weighted by atomic mass is 35.5. The third-order valence-electron chi connectivity index (χ3n) is 8.29. The Bertz CT molecular complexity index is 1500. The highest BCUT2D eigenvalue weighted by Gasteiger charge is 2.41. The van der Waals surface area contributed by atoms with E-state index in [1.165, 1.54) is 10.7 Å².